The maximum atomic E-state index is 10.7. The van der Waals surface area contributed by atoms with Crippen LogP contribution >= 0.6 is 0 Å². The van der Waals surface area contributed by atoms with Gasteiger partial charge in [0.1, 0.15) is 5.75 Å². The Kier molecular flexibility index (Phi) is 7.96. The van der Waals surface area contributed by atoms with Crippen molar-refractivity contribution in [3.05, 3.63) is 137 Å². The normalized spacial score (nSPS) is 11.2. The molecule has 0 aliphatic rings. The third-order valence-corrected chi connectivity index (χ3v) is 5.04. The molecule has 0 amide bonds. The van der Waals surface area contributed by atoms with Crippen molar-refractivity contribution < 1.29 is 5.11 Å². The van der Waals surface area contributed by atoms with Crippen LogP contribution in [0.2, 0.25) is 0 Å². The van der Waals surface area contributed by atoms with Crippen molar-refractivity contribution in [2.45, 2.75) is 0 Å². The van der Waals surface area contributed by atoms with Gasteiger partial charge in [-0.3, -0.25) is 0 Å². The Labute approximate surface area is 190 Å². The molecule has 158 valence electrons. The first kappa shape index (κ1) is 22.5. The molecule has 4 aromatic rings. The van der Waals surface area contributed by atoms with E-state index in [1.807, 2.05) is 84.9 Å². The molecular formula is C30H28NO+. The molecule has 0 heterocycles. The Bertz CT molecular complexity index is 1210. The lowest BCUT2D eigenvalue weighted by atomic mass is 9.96. The Hall–Kier alpha value is -4.14. The molecule has 0 unspecified atom stereocenters. The lowest BCUT2D eigenvalue weighted by molar-refractivity contribution is 0.474. The Morgan fingerprint density at radius 3 is 1.28 bits per heavy atom. The molecule has 0 radical (unpaired) electrons. The number of hydrogen-bond acceptors (Lipinski definition) is 1. The number of rotatable bonds is 6. The summed E-state index contributed by atoms with van der Waals surface area (Å²) in [6, 6.07) is 34.2. The summed E-state index contributed by atoms with van der Waals surface area (Å²) in [5.74, 6) is 0.261. The molecule has 0 atom stereocenters. The topological polar surface area (TPSA) is 56.7 Å². The zero-order valence-electron chi connectivity index (χ0n) is 18.2. The molecule has 0 aliphatic heterocycles. The number of benzene rings is 4. The average molecular weight is 419 g/mol. The molecule has 0 bridgehead atoms. The van der Waals surface area contributed by atoms with Crippen LogP contribution in [0.4, 0.5) is 0 Å². The second kappa shape index (κ2) is 11.3. The molecule has 0 aliphatic carbocycles. The van der Waals surface area contributed by atoms with Crippen LogP contribution in [0, 0.1) is 0 Å². The minimum Gasteiger partial charge on any atom is -0.507 e. The van der Waals surface area contributed by atoms with Crippen LogP contribution in [-0.4, -0.2) is 5.11 Å². The van der Waals surface area contributed by atoms with Gasteiger partial charge in [-0.1, -0.05) is 134 Å². The third kappa shape index (κ3) is 5.94. The number of aromatic hydroxyl groups is 1. The van der Waals surface area contributed by atoms with E-state index in [9.17, 15) is 5.11 Å². The van der Waals surface area contributed by atoms with Gasteiger partial charge >= 0.3 is 0 Å². The largest absolute Gasteiger partial charge is 0.507 e. The fourth-order valence-corrected chi connectivity index (χ4v) is 3.39. The zero-order valence-corrected chi connectivity index (χ0v) is 18.2. The van der Waals surface area contributed by atoms with Crippen molar-refractivity contribution in [2.24, 2.45) is 0 Å². The summed E-state index contributed by atoms with van der Waals surface area (Å²) in [7, 11) is 0. The van der Waals surface area contributed by atoms with Crippen molar-refractivity contribution in [1.82, 2.24) is 6.15 Å². The Morgan fingerprint density at radius 2 is 0.812 bits per heavy atom. The van der Waals surface area contributed by atoms with Gasteiger partial charge in [-0.2, -0.15) is 0 Å². The second-order valence-electron chi connectivity index (χ2n) is 7.23. The van der Waals surface area contributed by atoms with Gasteiger partial charge in [-0.05, 0) is 33.9 Å². The molecule has 2 nitrogen and oxygen atoms in total. The molecule has 0 saturated carbocycles. The number of quaternary nitrogens is 1. The first-order valence-corrected chi connectivity index (χ1v) is 10.3. The predicted molar refractivity (Wildman–Crippen MR) is 140 cm³/mol. The first-order chi connectivity index (χ1) is 15.3. The lowest BCUT2D eigenvalue weighted by Gasteiger charge is -2.09. The van der Waals surface area contributed by atoms with Crippen molar-refractivity contribution in [1.29, 1.82) is 0 Å². The highest BCUT2D eigenvalue weighted by Gasteiger charge is 2.08. The van der Waals surface area contributed by atoms with Gasteiger partial charge in [0.2, 0.25) is 0 Å². The first-order valence-electron chi connectivity index (χ1n) is 10.3. The van der Waals surface area contributed by atoms with Gasteiger partial charge in [-0.15, -0.1) is 0 Å². The van der Waals surface area contributed by atoms with E-state index >= 15 is 0 Å². The second-order valence-corrected chi connectivity index (χ2v) is 7.23. The van der Waals surface area contributed by atoms with Gasteiger partial charge in [-0.25, -0.2) is 0 Å². The lowest BCUT2D eigenvalue weighted by Crippen LogP contribution is -1.88. The number of hydrogen-bond donors (Lipinski definition) is 2. The molecule has 0 aromatic heterocycles. The fourth-order valence-electron chi connectivity index (χ4n) is 3.39. The van der Waals surface area contributed by atoms with Crippen LogP contribution < -0.4 is 6.15 Å². The minimum atomic E-state index is 0. The van der Waals surface area contributed by atoms with Gasteiger partial charge in [0.15, 0.2) is 0 Å². The van der Waals surface area contributed by atoms with Crippen molar-refractivity contribution in [3.63, 3.8) is 0 Å². The van der Waals surface area contributed by atoms with Gasteiger partial charge < -0.3 is 11.3 Å². The predicted octanol–water partition coefficient (Wildman–Crippen LogP) is 8.28. The summed E-state index contributed by atoms with van der Waals surface area (Å²) in [6.07, 6.45) is 12.4. The van der Waals surface area contributed by atoms with E-state index in [0.29, 0.717) is 0 Å². The number of phenolic OH excluding ortho intramolecular Hbond substituents is 1. The van der Waals surface area contributed by atoms with Crippen LogP contribution in [0.3, 0.4) is 0 Å². The van der Waals surface area contributed by atoms with Crippen LogP contribution in [-0.2, 0) is 0 Å². The molecule has 0 saturated heterocycles. The summed E-state index contributed by atoms with van der Waals surface area (Å²) in [4.78, 5) is 0. The highest BCUT2D eigenvalue weighted by atomic mass is 16.3. The van der Waals surface area contributed by atoms with E-state index in [-0.39, 0.29) is 11.9 Å². The monoisotopic (exact) mass is 418 g/mol. The van der Waals surface area contributed by atoms with Crippen molar-refractivity contribution >= 4 is 36.5 Å². The number of phenols is 1. The maximum Gasteiger partial charge on any atom is 0.123 e. The van der Waals surface area contributed by atoms with Crippen LogP contribution in [0.5, 0.6) is 5.75 Å². The van der Waals surface area contributed by atoms with Crippen molar-refractivity contribution in [3.8, 4) is 5.75 Å². The van der Waals surface area contributed by atoms with E-state index in [2.05, 4.69) is 48.6 Å². The third-order valence-electron chi connectivity index (χ3n) is 5.04. The molecule has 0 fully saturated rings. The summed E-state index contributed by atoms with van der Waals surface area (Å²) in [5.41, 5.74) is 6.15. The van der Waals surface area contributed by atoms with Crippen LogP contribution in [0.15, 0.2) is 103 Å². The molecule has 32 heavy (non-hydrogen) atoms. The maximum absolute atomic E-state index is 10.7. The molecule has 4 aromatic carbocycles. The summed E-state index contributed by atoms with van der Waals surface area (Å²) in [5, 5.41) is 10.7. The van der Waals surface area contributed by atoms with E-state index < -0.39 is 0 Å². The minimum absolute atomic E-state index is 0. The van der Waals surface area contributed by atoms with E-state index in [4.69, 9.17) is 0 Å². The molecule has 0 spiro atoms. The van der Waals surface area contributed by atoms with Crippen LogP contribution in [0.25, 0.3) is 36.5 Å². The van der Waals surface area contributed by atoms with Gasteiger partial charge in [0.25, 0.3) is 0 Å². The molecule has 4 rings (SSSR count). The van der Waals surface area contributed by atoms with E-state index in [0.717, 1.165) is 33.4 Å². The molecule has 2 heteroatoms. The molecule has 5 N–H and O–H groups in total. The summed E-state index contributed by atoms with van der Waals surface area (Å²) < 4.78 is 0. The van der Waals surface area contributed by atoms with Gasteiger partial charge in [0.05, 0.1) is 0 Å². The van der Waals surface area contributed by atoms with E-state index in [1.165, 1.54) is 0 Å². The highest BCUT2D eigenvalue weighted by molar-refractivity contribution is 5.87. The molecular weight excluding hydrogens is 390 g/mol. The standard InChI is InChI=1S/C30H24O.H3N/c31-30-23-20-27(19-16-24-10-4-1-5-11-24)28(21-17-25-12-6-2-7-13-25)29(30)22-18-26-14-8-3-9-15-26;/h1-23,31H;1H3/p+1/b19-16+,21-17+,22-18+;. The van der Waals surface area contributed by atoms with E-state index in [1.54, 1.807) is 6.07 Å². The average Bonchev–Trinajstić information content (AvgIpc) is 2.83. The quantitative estimate of drug-likeness (QED) is 0.304. The Balaban J connectivity index is 0.00000289. The van der Waals surface area contributed by atoms with Gasteiger partial charge in [0, 0.05) is 5.56 Å². The van der Waals surface area contributed by atoms with Crippen LogP contribution in [0.1, 0.15) is 33.4 Å². The smallest absolute Gasteiger partial charge is 0.123 e. The van der Waals surface area contributed by atoms with Crippen molar-refractivity contribution in [2.75, 3.05) is 0 Å². The zero-order chi connectivity index (χ0) is 21.3. The fraction of sp³-hybridized carbons (Fsp3) is 0. The highest BCUT2D eigenvalue weighted by Crippen LogP contribution is 2.30. The SMILES string of the molecule is Oc1ccc(/C=C/c2ccccc2)c(/C=C/c2ccccc2)c1/C=C/c1ccccc1.[NH4+]. The Morgan fingerprint density at radius 1 is 0.406 bits per heavy atom. The summed E-state index contributed by atoms with van der Waals surface area (Å²) in [6.45, 7) is 0. The summed E-state index contributed by atoms with van der Waals surface area (Å²) >= 11 is 0.